The lowest BCUT2D eigenvalue weighted by molar-refractivity contribution is -0.175. The minimum atomic E-state index is -0.914. The smallest absolute Gasteiger partial charge is 0.317 e. The van der Waals surface area contributed by atoms with E-state index in [0.29, 0.717) is 18.3 Å². The predicted molar refractivity (Wildman–Crippen MR) is 111 cm³/mol. The monoisotopic (exact) mass is 396 g/mol. The van der Waals surface area contributed by atoms with E-state index < -0.39 is 11.6 Å². The predicted octanol–water partition coefficient (Wildman–Crippen LogP) is 3.45. The fourth-order valence-corrected chi connectivity index (χ4v) is 4.60. The number of para-hydroxylation sites is 1. The molecule has 1 fully saturated rings. The van der Waals surface area contributed by atoms with Crippen molar-refractivity contribution < 1.29 is 14.3 Å². The van der Waals surface area contributed by atoms with Crippen molar-refractivity contribution in [3.05, 3.63) is 65.7 Å². The quantitative estimate of drug-likeness (QED) is 0.617. The average Bonchev–Trinajstić information content (AvgIpc) is 2.68. The van der Waals surface area contributed by atoms with Crippen LogP contribution in [-0.2, 0) is 16.0 Å². The number of rotatable bonds is 5. The Hall–Kier alpha value is -2.60. The number of hydrogen-bond donors (Lipinski definition) is 1. The Morgan fingerprint density at radius 3 is 2.68 bits per heavy atom. The highest BCUT2D eigenvalue weighted by Gasteiger charge is 2.59. The standard InChI is InChI=1S/C22H24N2O3S/c1-3-26-20(25)18-19-16-11-7-8-12-17(16)27-22(18,2)24(21(28)23-19)14-13-15-9-5-4-6-10-15/h4-12,18-19H,3,13-14H2,1-2H3,(H,23,28)/t18-,19-,22-/m0/s1. The van der Waals surface area contributed by atoms with Crippen LogP contribution in [0.3, 0.4) is 0 Å². The molecule has 6 heteroatoms. The number of thiocarbonyl (C=S) groups is 1. The molecule has 2 aromatic rings. The van der Waals surface area contributed by atoms with Crippen LogP contribution in [-0.4, -0.2) is 34.9 Å². The Morgan fingerprint density at radius 1 is 1.21 bits per heavy atom. The molecule has 1 saturated heterocycles. The highest BCUT2D eigenvalue weighted by atomic mass is 32.1. The summed E-state index contributed by atoms with van der Waals surface area (Å²) in [6.45, 7) is 4.72. The van der Waals surface area contributed by atoms with Gasteiger partial charge in [-0.1, -0.05) is 48.5 Å². The molecule has 0 radical (unpaired) electrons. The number of esters is 1. The van der Waals surface area contributed by atoms with E-state index in [1.807, 2.05) is 61.2 Å². The van der Waals surface area contributed by atoms with Gasteiger partial charge < -0.3 is 19.7 Å². The number of nitrogens with one attached hydrogen (secondary N) is 1. The maximum absolute atomic E-state index is 12.9. The summed E-state index contributed by atoms with van der Waals surface area (Å²) >= 11 is 5.68. The van der Waals surface area contributed by atoms with Crippen molar-refractivity contribution in [3.8, 4) is 5.75 Å². The summed E-state index contributed by atoms with van der Waals surface area (Å²) in [5.41, 5.74) is 1.23. The van der Waals surface area contributed by atoms with Gasteiger partial charge in [-0.05, 0) is 44.1 Å². The third-order valence-corrected chi connectivity index (χ3v) is 5.89. The molecule has 2 bridgehead atoms. The molecule has 0 aromatic heterocycles. The molecule has 2 aliphatic heterocycles. The van der Waals surface area contributed by atoms with Gasteiger partial charge in [-0.2, -0.15) is 0 Å². The molecule has 4 rings (SSSR count). The highest BCUT2D eigenvalue weighted by Crippen LogP contribution is 2.48. The number of nitrogens with zero attached hydrogens (tertiary/aromatic N) is 1. The van der Waals surface area contributed by atoms with Crippen LogP contribution in [0.15, 0.2) is 54.6 Å². The summed E-state index contributed by atoms with van der Waals surface area (Å²) in [7, 11) is 0. The van der Waals surface area contributed by atoms with E-state index in [2.05, 4.69) is 17.4 Å². The number of carbonyl (C=O) groups is 1. The van der Waals surface area contributed by atoms with Gasteiger partial charge in [0.05, 0.1) is 12.6 Å². The van der Waals surface area contributed by atoms with Crippen molar-refractivity contribution in [1.82, 2.24) is 10.2 Å². The SMILES string of the molecule is CCOC(=O)[C@@H]1[C@H]2NC(=S)N(CCc3ccccc3)[C@@]1(C)Oc1ccccc12. The Morgan fingerprint density at radius 2 is 1.93 bits per heavy atom. The van der Waals surface area contributed by atoms with Crippen LogP contribution in [0.1, 0.15) is 31.0 Å². The van der Waals surface area contributed by atoms with E-state index in [0.717, 1.165) is 17.7 Å². The molecule has 0 saturated carbocycles. The van der Waals surface area contributed by atoms with E-state index in [-0.39, 0.29) is 12.0 Å². The van der Waals surface area contributed by atoms with E-state index in [9.17, 15) is 4.79 Å². The largest absolute Gasteiger partial charge is 0.467 e. The normalized spacial score (nSPS) is 25.4. The zero-order chi connectivity index (χ0) is 19.7. The maximum Gasteiger partial charge on any atom is 0.317 e. The minimum absolute atomic E-state index is 0.269. The molecule has 0 aliphatic carbocycles. The number of hydrogen-bond acceptors (Lipinski definition) is 4. The molecule has 0 spiro atoms. The topological polar surface area (TPSA) is 50.8 Å². The van der Waals surface area contributed by atoms with Crippen molar-refractivity contribution in [1.29, 1.82) is 0 Å². The Labute approximate surface area is 170 Å². The van der Waals surface area contributed by atoms with E-state index in [1.54, 1.807) is 0 Å². The zero-order valence-electron chi connectivity index (χ0n) is 16.1. The number of fused-ring (bicyclic) bond motifs is 4. The van der Waals surface area contributed by atoms with E-state index in [4.69, 9.17) is 21.7 Å². The molecule has 146 valence electrons. The van der Waals surface area contributed by atoms with Crippen LogP contribution in [0.5, 0.6) is 5.75 Å². The summed E-state index contributed by atoms with van der Waals surface area (Å²) in [6.07, 6.45) is 0.795. The summed E-state index contributed by atoms with van der Waals surface area (Å²) < 4.78 is 11.9. The van der Waals surface area contributed by atoms with E-state index in [1.165, 1.54) is 5.56 Å². The second kappa shape index (κ2) is 7.43. The highest BCUT2D eigenvalue weighted by molar-refractivity contribution is 7.80. The Kier molecular flexibility index (Phi) is 4.98. The zero-order valence-corrected chi connectivity index (χ0v) is 16.9. The minimum Gasteiger partial charge on any atom is -0.467 e. The first-order valence-corrected chi connectivity index (χ1v) is 10.0. The van der Waals surface area contributed by atoms with Gasteiger partial charge in [-0.25, -0.2) is 0 Å². The van der Waals surface area contributed by atoms with Crippen molar-refractivity contribution >= 4 is 23.3 Å². The molecule has 28 heavy (non-hydrogen) atoms. The molecule has 1 N–H and O–H groups in total. The molecule has 2 aliphatic rings. The Bertz CT molecular complexity index is 888. The Balaban J connectivity index is 1.70. The number of carbonyl (C=O) groups excluding carboxylic acids is 1. The van der Waals surface area contributed by atoms with Crippen molar-refractivity contribution in [2.75, 3.05) is 13.2 Å². The summed E-state index contributed by atoms with van der Waals surface area (Å²) in [5, 5.41) is 3.98. The first kappa shape index (κ1) is 18.7. The maximum atomic E-state index is 12.9. The van der Waals surface area contributed by atoms with Gasteiger partial charge in [0.2, 0.25) is 0 Å². The second-order valence-corrected chi connectivity index (χ2v) is 7.63. The van der Waals surface area contributed by atoms with Gasteiger partial charge in [0.1, 0.15) is 11.7 Å². The lowest BCUT2D eigenvalue weighted by Crippen LogP contribution is -2.71. The fraction of sp³-hybridized carbons (Fsp3) is 0.364. The number of benzene rings is 2. The van der Waals surface area contributed by atoms with Gasteiger partial charge in [-0.3, -0.25) is 4.79 Å². The van der Waals surface area contributed by atoms with Gasteiger partial charge in [0, 0.05) is 12.1 Å². The van der Waals surface area contributed by atoms with Crippen LogP contribution in [0.4, 0.5) is 0 Å². The van der Waals surface area contributed by atoms with Crippen LogP contribution < -0.4 is 10.1 Å². The van der Waals surface area contributed by atoms with Crippen molar-refractivity contribution in [2.24, 2.45) is 5.92 Å². The van der Waals surface area contributed by atoms with Crippen molar-refractivity contribution in [2.45, 2.75) is 32.0 Å². The summed E-state index contributed by atoms with van der Waals surface area (Å²) in [6, 6.07) is 17.7. The third-order valence-electron chi connectivity index (χ3n) is 5.55. The lowest BCUT2D eigenvalue weighted by atomic mass is 9.79. The fourth-order valence-electron chi connectivity index (χ4n) is 4.20. The van der Waals surface area contributed by atoms with Gasteiger partial charge in [0.15, 0.2) is 10.8 Å². The summed E-state index contributed by atoms with van der Waals surface area (Å²) in [5.74, 6) is -0.0238. The van der Waals surface area contributed by atoms with Crippen LogP contribution >= 0.6 is 12.2 Å². The van der Waals surface area contributed by atoms with Gasteiger partial charge >= 0.3 is 5.97 Å². The molecular weight excluding hydrogens is 372 g/mol. The number of ether oxygens (including phenoxy) is 2. The lowest BCUT2D eigenvalue weighted by Gasteiger charge is -2.55. The van der Waals surface area contributed by atoms with Crippen LogP contribution in [0.2, 0.25) is 0 Å². The van der Waals surface area contributed by atoms with E-state index >= 15 is 0 Å². The van der Waals surface area contributed by atoms with Crippen LogP contribution in [0, 0.1) is 5.92 Å². The second-order valence-electron chi connectivity index (χ2n) is 7.24. The first-order chi connectivity index (χ1) is 13.5. The molecular formula is C22H24N2O3S. The molecule has 2 aromatic carbocycles. The molecule has 5 nitrogen and oxygen atoms in total. The summed E-state index contributed by atoms with van der Waals surface area (Å²) in [4.78, 5) is 14.9. The van der Waals surface area contributed by atoms with Crippen molar-refractivity contribution in [3.63, 3.8) is 0 Å². The molecule has 0 unspecified atom stereocenters. The van der Waals surface area contributed by atoms with Gasteiger partial charge in [-0.15, -0.1) is 0 Å². The van der Waals surface area contributed by atoms with Gasteiger partial charge in [0.25, 0.3) is 0 Å². The molecule has 3 atom stereocenters. The first-order valence-electron chi connectivity index (χ1n) is 9.61. The molecule has 2 heterocycles. The third kappa shape index (κ3) is 3.11. The average molecular weight is 397 g/mol. The van der Waals surface area contributed by atoms with Crippen LogP contribution in [0.25, 0.3) is 0 Å². The molecule has 0 amide bonds.